The standard InChI is InChI=1S/C15H22F3NO2/c1-11(2)9-21-10-14(20)8-19-7-12-4-3-5-13(6-12)15(16,17)18/h3-6,11,14,19-20H,7-10H2,1-2H3. The molecule has 1 rings (SSSR count). The van der Waals surface area contributed by atoms with E-state index in [1.165, 1.54) is 6.07 Å². The second kappa shape index (κ2) is 8.36. The third-order valence-electron chi connectivity index (χ3n) is 2.72. The summed E-state index contributed by atoms with van der Waals surface area (Å²) in [5, 5.41) is 12.6. The number of aliphatic hydroxyl groups is 1. The summed E-state index contributed by atoms with van der Waals surface area (Å²) in [5.74, 6) is 0.398. The highest BCUT2D eigenvalue weighted by atomic mass is 19.4. The summed E-state index contributed by atoms with van der Waals surface area (Å²) in [6, 6.07) is 5.14. The molecule has 1 aromatic rings. The van der Waals surface area contributed by atoms with Crippen molar-refractivity contribution in [2.24, 2.45) is 5.92 Å². The summed E-state index contributed by atoms with van der Waals surface area (Å²) in [6.45, 7) is 5.36. The van der Waals surface area contributed by atoms with Crippen LogP contribution >= 0.6 is 0 Å². The van der Waals surface area contributed by atoms with Crippen molar-refractivity contribution < 1.29 is 23.0 Å². The lowest BCUT2D eigenvalue weighted by Crippen LogP contribution is -2.30. The first-order valence-corrected chi connectivity index (χ1v) is 6.91. The first-order chi connectivity index (χ1) is 9.79. The molecule has 0 saturated heterocycles. The van der Waals surface area contributed by atoms with Gasteiger partial charge in [-0.2, -0.15) is 13.2 Å². The molecule has 120 valence electrons. The zero-order valence-corrected chi connectivity index (χ0v) is 12.3. The average Bonchev–Trinajstić information content (AvgIpc) is 2.37. The summed E-state index contributed by atoms with van der Waals surface area (Å²) in [7, 11) is 0. The van der Waals surface area contributed by atoms with Crippen molar-refractivity contribution in [2.45, 2.75) is 32.7 Å². The maximum absolute atomic E-state index is 12.5. The molecule has 1 aromatic carbocycles. The van der Waals surface area contributed by atoms with E-state index in [9.17, 15) is 18.3 Å². The van der Waals surface area contributed by atoms with E-state index in [0.717, 1.165) is 12.1 Å². The summed E-state index contributed by atoms with van der Waals surface area (Å²) in [6.07, 6.45) is -5.00. The molecule has 1 unspecified atom stereocenters. The van der Waals surface area contributed by atoms with Crippen molar-refractivity contribution in [3.8, 4) is 0 Å². The van der Waals surface area contributed by atoms with Crippen LogP contribution in [0.5, 0.6) is 0 Å². The van der Waals surface area contributed by atoms with E-state index in [-0.39, 0.29) is 19.7 Å². The smallest absolute Gasteiger partial charge is 0.389 e. The lowest BCUT2D eigenvalue weighted by atomic mass is 10.1. The molecule has 0 bridgehead atoms. The summed E-state index contributed by atoms with van der Waals surface area (Å²) >= 11 is 0. The SMILES string of the molecule is CC(C)COCC(O)CNCc1cccc(C(F)(F)F)c1. The zero-order chi connectivity index (χ0) is 15.9. The van der Waals surface area contributed by atoms with E-state index in [1.54, 1.807) is 6.07 Å². The number of rotatable bonds is 8. The molecule has 2 N–H and O–H groups in total. The number of nitrogens with one attached hydrogen (secondary N) is 1. The molecule has 0 spiro atoms. The van der Waals surface area contributed by atoms with Crippen LogP contribution in [0.15, 0.2) is 24.3 Å². The van der Waals surface area contributed by atoms with Gasteiger partial charge in [-0.05, 0) is 17.5 Å². The van der Waals surface area contributed by atoms with Gasteiger partial charge in [0, 0.05) is 19.7 Å². The van der Waals surface area contributed by atoms with Gasteiger partial charge in [0.15, 0.2) is 0 Å². The molecule has 21 heavy (non-hydrogen) atoms. The van der Waals surface area contributed by atoms with E-state index >= 15 is 0 Å². The van der Waals surface area contributed by atoms with Crippen LogP contribution in [0, 0.1) is 5.92 Å². The predicted octanol–water partition coefficient (Wildman–Crippen LogP) is 2.83. The van der Waals surface area contributed by atoms with Crippen molar-refractivity contribution in [2.75, 3.05) is 19.8 Å². The summed E-state index contributed by atoms with van der Waals surface area (Å²) in [4.78, 5) is 0. The minimum Gasteiger partial charge on any atom is -0.389 e. The topological polar surface area (TPSA) is 41.5 Å². The number of ether oxygens (including phenoxy) is 1. The van der Waals surface area contributed by atoms with Crippen molar-refractivity contribution in [3.63, 3.8) is 0 Å². The maximum Gasteiger partial charge on any atom is 0.416 e. The Morgan fingerprint density at radius 3 is 2.57 bits per heavy atom. The molecule has 0 aliphatic rings. The molecule has 3 nitrogen and oxygen atoms in total. The number of hydrogen-bond donors (Lipinski definition) is 2. The first-order valence-electron chi connectivity index (χ1n) is 6.91. The summed E-state index contributed by atoms with van der Waals surface area (Å²) < 4.78 is 42.9. The van der Waals surface area contributed by atoms with Crippen molar-refractivity contribution in [3.05, 3.63) is 35.4 Å². The van der Waals surface area contributed by atoms with Crippen LogP contribution in [0.3, 0.4) is 0 Å². The van der Waals surface area contributed by atoms with Gasteiger partial charge in [-0.15, -0.1) is 0 Å². The average molecular weight is 305 g/mol. The quantitative estimate of drug-likeness (QED) is 0.776. The van der Waals surface area contributed by atoms with Crippen LogP contribution in [0.25, 0.3) is 0 Å². The van der Waals surface area contributed by atoms with Gasteiger partial charge in [-0.3, -0.25) is 0 Å². The highest BCUT2D eigenvalue weighted by Crippen LogP contribution is 2.29. The zero-order valence-electron chi connectivity index (χ0n) is 12.3. The molecule has 1 atom stereocenters. The second-order valence-corrected chi connectivity index (χ2v) is 5.41. The van der Waals surface area contributed by atoms with E-state index in [4.69, 9.17) is 4.74 Å². The van der Waals surface area contributed by atoms with E-state index in [2.05, 4.69) is 5.32 Å². The van der Waals surface area contributed by atoms with Gasteiger partial charge in [0.05, 0.1) is 18.3 Å². The van der Waals surface area contributed by atoms with Gasteiger partial charge in [-0.1, -0.05) is 32.0 Å². The molecule has 0 aromatic heterocycles. The number of aliphatic hydroxyl groups excluding tert-OH is 1. The Labute approximate surface area is 123 Å². The largest absolute Gasteiger partial charge is 0.416 e. The molecule has 0 aliphatic heterocycles. The van der Waals surface area contributed by atoms with Gasteiger partial charge in [0.2, 0.25) is 0 Å². The number of benzene rings is 1. The first kappa shape index (κ1) is 17.9. The molecular weight excluding hydrogens is 283 g/mol. The van der Waals surface area contributed by atoms with Crippen molar-refractivity contribution in [1.29, 1.82) is 0 Å². The molecular formula is C15H22F3NO2. The lowest BCUT2D eigenvalue weighted by Gasteiger charge is -2.14. The Kier molecular flexibility index (Phi) is 7.14. The van der Waals surface area contributed by atoms with Crippen LogP contribution in [0.2, 0.25) is 0 Å². The van der Waals surface area contributed by atoms with Crippen LogP contribution < -0.4 is 5.32 Å². The third-order valence-corrected chi connectivity index (χ3v) is 2.72. The van der Waals surface area contributed by atoms with E-state index in [0.29, 0.717) is 18.1 Å². The van der Waals surface area contributed by atoms with Gasteiger partial charge >= 0.3 is 6.18 Å². The fraction of sp³-hybridized carbons (Fsp3) is 0.600. The Morgan fingerprint density at radius 2 is 1.95 bits per heavy atom. The highest BCUT2D eigenvalue weighted by molar-refractivity contribution is 5.25. The molecule has 0 fully saturated rings. The predicted molar refractivity (Wildman–Crippen MR) is 74.8 cm³/mol. The monoisotopic (exact) mass is 305 g/mol. The van der Waals surface area contributed by atoms with Gasteiger partial charge in [0.25, 0.3) is 0 Å². The molecule has 0 aliphatic carbocycles. The molecule has 0 amide bonds. The number of halogens is 3. The van der Waals surface area contributed by atoms with E-state index in [1.807, 2.05) is 13.8 Å². The van der Waals surface area contributed by atoms with Crippen molar-refractivity contribution in [1.82, 2.24) is 5.32 Å². The maximum atomic E-state index is 12.5. The van der Waals surface area contributed by atoms with Crippen LogP contribution in [-0.4, -0.2) is 31.0 Å². The Bertz CT molecular complexity index is 422. The Morgan fingerprint density at radius 1 is 1.24 bits per heavy atom. The normalized spacial score (nSPS) is 13.7. The molecule has 6 heteroatoms. The lowest BCUT2D eigenvalue weighted by molar-refractivity contribution is -0.137. The second-order valence-electron chi connectivity index (χ2n) is 5.41. The number of hydrogen-bond acceptors (Lipinski definition) is 3. The fourth-order valence-electron chi connectivity index (χ4n) is 1.74. The molecule has 0 radical (unpaired) electrons. The minimum atomic E-state index is -4.33. The fourth-order valence-corrected chi connectivity index (χ4v) is 1.74. The van der Waals surface area contributed by atoms with E-state index < -0.39 is 17.8 Å². The van der Waals surface area contributed by atoms with Crippen LogP contribution in [0.4, 0.5) is 13.2 Å². The van der Waals surface area contributed by atoms with Crippen LogP contribution in [-0.2, 0) is 17.5 Å². The van der Waals surface area contributed by atoms with Gasteiger partial charge < -0.3 is 15.2 Å². The highest BCUT2D eigenvalue weighted by Gasteiger charge is 2.30. The third kappa shape index (κ3) is 7.45. The van der Waals surface area contributed by atoms with Crippen LogP contribution in [0.1, 0.15) is 25.0 Å². The minimum absolute atomic E-state index is 0.216. The Hall–Kier alpha value is -1.11. The van der Waals surface area contributed by atoms with Crippen molar-refractivity contribution >= 4 is 0 Å². The Balaban J connectivity index is 2.32. The number of alkyl halides is 3. The molecule has 0 heterocycles. The molecule has 0 saturated carbocycles. The van der Waals surface area contributed by atoms with Gasteiger partial charge in [0.1, 0.15) is 0 Å². The summed E-state index contributed by atoms with van der Waals surface area (Å²) in [5.41, 5.74) is -0.136. The van der Waals surface area contributed by atoms with Gasteiger partial charge in [-0.25, -0.2) is 0 Å².